The van der Waals surface area contributed by atoms with Gasteiger partial charge in [0.25, 0.3) is 0 Å². The highest BCUT2D eigenvalue weighted by Gasteiger charge is 2.33. The molecular formula is C14H28N2O4S. The Morgan fingerprint density at radius 1 is 1.29 bits per heavy atom. The van der Waals surface area contributed by atoms with Gasteiger partial charge in [-0.1, -0.05) is 0 Å². The quantitative estimate of drug-likeness (QED) is 0.780. The fourth-order valence-electron chi connectivity index (χ4n) is 2.63. The predicted octanol–water partition coefficient (Wildman–Crippen LogP) is 0.667. The van der Waals surface area contributed by atoms with E-state index in [-0.39, 0.29) is 17.6 Å². The summed E-state index contributed by atoms with van der Waals surface area (Å²) in [7, 11) is -3.16. The molecule has 0 bridgehead atoms. The number of carbonyl (C=O) groups is 1. The van der Waals surface area contributed by atoms with E-state index in [1.54, 1.807) is 25.7 Å². The van der Waals surface area contributed by atoms with Gasteiger partial charge in [0.05, 0.1) is 11.4 Å². The Balaban J connectivity index is 2.62. The van der Waals surface area contributed by atoms with Crippen LogP contribution < -0.4 is 0 Å². The summed E-state index contributed by atoms with van der Waals surface area (Å²) < 4.78 is 25.1. The van der Waals surface area contributed by atoms with Crippen molar-refractivity contribution in [3.8, 4) is 0 Å². The van der Waals surface area contributed by atoms with Crippen molar-refractivity contribution in [2.75, 3.05) is 31.9 Å². The van der Waals surface area contributed by atoms with Crippen molar-refractivity contribution in [2.45, 2.75) is 46.1 Å². The van der Waals surface area contributed by atoms with Gasteiger partial charge in [-0.3, -0.25) is 4.79 Å². The maximum absolute atomic E-state index is 12.5. The van der Waals surface area contributed by atoms with Gasteiger partial charge >= 0.3 is 0 Å². The molecule has 0 saturated carbocycles. The Morgan fingerprint density at radius 3 is 2.19 bits per heavy atom. The number of carbonyl (C=O) groups excluding carboxylic acids is 1. The fraction of sp³-hybridized carbons (Fsp3) is 0.929. The molecule has 21 heavy (non-hydrogen) atoms. The summed E-state index contributed by atoms with van der Waals surface area (Å²) in [4.78, 5) is 14.1. The van der Waals surface area contributed by atoms with Gasteiger partial charge in [-0.25, -0.2) is 12.7 Å². The molecule has 0 spiro atoms. The SMILES string of the molecule is CCN(CC(C)(C)O)C(=O)C1CCN(S(=O)(=O)CC)CC1. The maximum Gasteiger partial charge on any atom is 0.225 e. The van der Waals surface area contributed by atoms with Crippen LogP contribution in [0.2, 0.25) is 0 Å². The highest BCUT2D eigenvalue weighted by molar-refractivity contribution is 7.89. The molecule has 7 heteroatoms. The monoisotopic (exact) mass is 320 g/mol. The van der Waals surface area contributed by atoms with Crippen LogP contribution in [0.4, 0.5) is 0 Å². The molecule has 1 fully saturated rings. The van der Waals surface area contributed by atoms with Crippen molar-refractivity contribution < 1.29 is 18.3 Å². The molecule has 0 unspecified atom stereocenters. The molecular weight excluding hydrogens is 292 g/mol. The van der Waals surface area contributed by atoms with Crippen LogP contribution >= 0.6 is 0 Å². The number of nitrogens with zero attached hydrogens (tertiary/aromatic N) is 2. The second-order valence-corrected chi connectivity index (χ2v) is 8.50. The zero-order valence-electron chi connectivity index (χ0n) is 13.5. The highest BCUT2D eigenvalue weighted by atomic mass is 32.2. The Bertz CT molecular complexity index is 448. The van der Waals surface area contributed by atoms with Gasteiger partial charge in [0, 0.05) is 32.1 Å². The molecule has 6 nitrogen and oxygen atoms in total. The average Bonchev–Trinajstić information content (AvgIpc) is 2.43. The smallest absolute Gasteiger partial charge is 0.225 e. The Kier molecular flexibility index (Phi) is 6.19. The third-order valence-corrected chi connectivity index (χ3v) is 5.71. The van der Waals surface area contributed by atoms with E-state index in [4.69, 9.17) is 0 Å². The summed E-state index contributed by atoms with van der Waals surface area (Å²) in [6.07, 6.45) is 1.11. The van der Waals surface area contributed by atoms with Crippen molar-refractivity contribution in [1.29, 1.82) is 0 Å². The second kappa shape index (κ2) is 7.07. The van der Waals surface area contributed by atoms with E-state index >= 15 is 0 Å². The minimum atomic E-state index is -3.16. The number of piperidine rings is 1. The van der Waals surface area contributed by atoms with Crippen molar-refractivity contribution in [1.82, 2.24) is 9.21 Å². The minimum Gasteiger partial charge on any atom is -0.389 e. The van der Waals surface area contributed by atoms with E-state index < -0.39 is 15.6 Å². The van der Waals surface area contributed by atoms with Gasteiger partial charge in [-0.05, 0) is 40.5 Å². The van der Waals surface area contributed by atoms with Crippen molar-refractivity contribution >= 4 is 15.9 Å². The highest BCUT2D eigenvalue weighted by Crippen LogP contribution is 2.22. The summed E-state index contributed by atoms with van der Waals surface area (Å²) in [6, 6.07) is 0. The van der Waals surface area contributed by atoms with Crippen LogP contribution in [0.1, 0.15) is 40.5 Å². The number of sulfonamides is 1. The largest absolute Gasteiger partial charge is 0.389 e. The van der Waals surface area contributed by atoms with Gasteiger partial charge < -0.3 is 10.0 Å². The molecule has 0 radical (unpaired) electrons. The molecule has 0 aliphatic carbocycles. The van der Waals surface area contributed by atoms with E-state index in [9.17, 15) is 18.3 Å². The molecule has 0 aromatic rings. The third-order valence-electron chi connectivity index (χ3n) is 3.83. The van der Waals surface area contributed by atoms with Gasteiger partial charge in [0.2, 0.25) is 15.9 Å². The molecule has 0 aromatic heterocycles. The van der Waals surface area contributed by atoms with Crippen LogP contribution in [-0.2, 0) is 14.8 Å². The van der Waals surface area contributed by atoms with Crippen LogP contribution in [-0.4, -0.2) is 66.2 Å². The molecule has 1 aliphatic heterocycles. The van der Waals surface area contributed by atoms with Gasteiger partial charge in [-0.2, -0.15) is 0 Å². The summed E-state index contributed by atoms with van der Waals surface area (Å²) in [5, 5.41) is 9.87. The Labute approximate surface area is 128 Å². The molecule has 1 N–H and O–H groups in total. The molecule has 1 aliphatic rings. The van der Waals surface area contributed by atoms with Crippen molar-refractivity contribution in [3.05, 3.63) is 0 Å². The lowest BCUT2D eigenvalue weighted by molar-refractivity contribution is -0.139. The Morgan fingerprint density at radius 2 is 1.81 bits per heavy atom. The first-order valence-corrected chi connectivity index (χ1v) is 9.20. The number of rotatable bonds is 6. The van der Waals surface area contributed by atoms with E-state index in [0.29, 0.717) is 39.0 Å². The zero-order chi connectivity index (χ0) is 16.3. The van der Waals surface area contributed by atoms with Gasteiger partial charge in [-0.15, -0.1) is 0 Å². The molecule has 0 aromatic carbocycles. The number of hydrogen-bond donors (Lipinski definition) is 1. The lowest BCUT2D eigenvalue weighted by Gasteiger charge is -2.35. The summed E-state index contributed by atoms with van der Waals surface area (Å²) >= 11 is 0. The van der Waals surface area contributed by atoms with Crippen LogP contribution in [0.15, 0.2) is 0 Å². The number of likely N-dealkylation sites (N-methyl/N-ethyl adjacent to an activating group) is 1. The van der Waals surface area contributed by atoms with Crippen LogP contribution in [0, 0.1) is 5.92 Å². The molecule has 124 valence electrons. The van der Waals surface area contributed by atoms with Crippen molar-refractivity contribution in [2.24, 2.45) is 5.92 Å². The molecule has 1 amide bonds. The predicted molar refractivity (Wildman–Crippen MR) is 82.3 cm³/mol. The van der Waals surface area contributed by atoms with E-state index in [1.807, 2.05) is 6.92 Å². The van der Waals surface area contributed by atoms with Crippen LogP contribution in [0.5, 0.6) is 0 Å². The van der Waals surface area contributed by atoms with Crippen LogP contribution in [0.3, 0.4) is 0 Å². The Hall–Kier alpha value is -0.660. The molecule has 0 atom stereocenters. The number of hydrogen-bond acceptors (Lipinski definition) is 4. The topological polar surface area (TPSA) is 77.9 Å². The number of aliphatic hydroxyl groups is 1. The normalized spacial score (nSPS) is 18.7. The average molecular weight is 320 g/mol. The number of amides is 1. The van der Waals surface area contributed by atoms with Gasteiger partial charge in [0.1, 0.15) is 0 Å². The lowest BCUT2D eigenvalue weighted by atomic mass is 9.96. The van der Waals surface area contributed by atoms with E-state index in [1.165, 1.54) is 4.31 Å². The lowest BCUT2D eigenvalue weighted by Crippen LogP contribution is -2.48. The zero-order valence-corrected chi connectivity index (χ0v) is 14.3. The van der Waals surface area contributed by atoms with E-state index in [0.717, 1.165) is 0 Å². The minimum absolute atomic E-state index is 0.0215. The van der Waals surface area contributed by atoms with Crippen LogP contribution in [0.25, 0.3) is 0 Å². The van der Waals surface area contributed by atoms with Crippen molar-refractivity contribution in [3.63, 3.8) is 0 Å². The standard InChI is InChI=1S/C14H28N2O4S/c1-5-15(11-14(3,4)18)13(17)12-7-9-16(10-8-12)21(19,20)6-2/h12,18H,5-11H2,1-4H3. The van der Waals surface area contributed by atoms with E-state index in [2.05, 4.69) is 0 Å². The molecule has 1 rings (SSSR count). The maximum atomic E-state index is 12.5. The fourth-order valence-corrected chi connectivity index (χ4v) is 3.77. The summed E-state index contributed by atoms with van der Waals surface area (Å²) in [5.74, 6) is -0.0189. The van der Waals surface area contributed by atoms with Gasteiger partial charge in [0.15, 0.2) is 0 Å². The molecule has 1 heterocycles. The second-order valence-electron chi connectivity index (χ2n) is 6.24. The summed E-state index contributed by atoms with van der Waals surface area (Å²) in [6.45, 7) is 8.55. The third kappa shape index (κ3) is 5.23. The first-order valence-electron chi connectivity index (χ1n) is 7.59. The first kappa shape index (κ1) is 18.4. The molecule has 1 saturated heterocycles. The summed E-state index contributed by atoms with van der Waals surface area (Å²) in [5.41, 5.74) is -0.919. The first-order chi connectivity index (χ1) is 9.60.